The molecule has 0 radical (unpaired) electrons. The Morgan fingerprint density at radius 2 is 1.83 bits per heavy atom. The van der Waals surface area contributed by atoms with Crippen LogP contribution >= 0.6 is 0 Å². The van der Waals surface area contributed by atoms with Crippen molar-refractivity contribution in [2.24, 2.45) is 11.3 Å². The van der Waals surface area contributed by atoms with Gasteiger partial charge in [-0.2, -0.15) is 0 Å². The molecule has 8 rings (SSSR count). The summed E-state index contributed by atoms with van der Waals surface area (Å²) in [6, 6.07) is 7.80. The molecule has 5 aliphatic rings. The Balaban J connectivity index is 1.07. The minimum atomic E-state index is -0.980. The first-order chi connectivity index (χ1) is 33.4. The summed E-state index contributed by atoms with van der Waals surface area (Å²) in [5.41, 5.74) is 8.59. The third-order valence-corrected chi connectivity index (χ3v) is 15.8. The molecule has 0 saturated carbocycles. The molecule has 6 bridgehead atoms. The number of cyclic esters (lactones) is 1. The molecule has 5 aliphatic heterocycles. The van der Waals surface area contributed by atoms with Crippen molar-refractivity contribution in [3.63, 3.8) is 0 Å². The Morgan fingerprint density at radius 3 is 2.53 bits per heavy atom. The second-order valence-electron chi connectivity index (χ2n) is 21.3. The van der Waals surface area contributed by atoms with Gasteiger partial charge in [0.25, 0.3) is 5.91 Å². The van der Waals surface area contributed by atoms with Gasteiger partial charge in [0, 0.05) is 81.5 Å². The normalized spacial score (nSPS) is 25.7. The zero-order chi connectivity index (χ0) is 50.2. The maximum Gasteiger partial charge on any atom is 0.324 e. The van der Waals surface area contributed by atoms with E-state index in [0.717, 1.165) is 40.8 Å². The molecular formula is C53H75N9O8. The van der Waals surface area contributed by atoms with Crippen molar-refractivity contribution in [1.82, 2.24) is 44.9 Å². The van der Waals surface area contributed by atoms with Crippen LogP contribution in [0.25, 0.3) is 22.2 Å². The first-order valence-electron chi connectivity index (χ1n) is 25.4. The highest BCUT2D eigenvalue weighted by atomic mass is 16.5. The molecule has 1 unspecified atom stereocenters. The maximum absolute atomic E-state index is 14.8. The van der Waals surface area contributed by atoms with Gasteiger partial charge in [0.05, 0.1) is 35.7 Å². The Morgan fingerprint density at radius 1 is 1.07 bits per heavy atom. The highest BCUT2D eigenvalue weighted by Gasteiger charge is 2.50. The van der Waals surface area contributed by atoms with Gasteiger partial charge in [-0.05, 0) is 119 Å². The number of carbonyl (C=O) groups is 5. The number of amides is 5. The third-order valence-electron chi connectivity index (χ3n) is 15.8. The molecule has 380 valence electrons. The number of piperidine rings is 1. The highest BCUT2D eigenvalue weighted by Crippen LogP contribution is 2.43. The van der Waals surface area contributed by atoms with Gasteiger partial charge in [-0.25, -0.2) is 10.2 Å². The van der Waals surface area contributed by atoms with Gasteiger partial charge in [0.1, 0.15) is 24.9 Å². The molecule has 7 atom stereocenters. The summed E-state index contributed by atoms with van der Waals surface area (Å²) in [6.07, 6.45) is 6.49. The Kier molecular flexibility index (Phi) is 15.1. The second kappa shape index (κ2) is 20.8. The van der Waals surface area contributed by atoms with Crippen molar-refractivity contribution in [2.45, 2.75) is 135 Å². The molecule has 2 N–H and O–H groups in total. The van der Waals surface area contributed by atoms with E-state index < -0.39 is 41.0 Å². The quantitative estimate of drug-likeness (QED) is 0.201. The number of hydrogen-bond donors (Lipinski definition) is 2. The van der Waals surface area contributed by atoms with Crippen LogP contribution in [-0.4, -0.2) is 160 Å². The van der Waals surface area contributed by atoms with Crippen molar-refractivity contribution < 1.29 is 38.2 Å². The fraction of sp³-hybridized carbons (Fsp3) is 0.623. The van der Waals surface area contributed by atoms with Crippen LogP contribution in [0, 0.1) is 11.3 Å². The van der Waals surface area contributed by atoms with Gasteiger partial charge in [-0.15, -0.1) is 0 Å². The molecule has 70 heavy (non-hydrogen) atoms. The molecule has 1 spiro atoms. The molecule has 7 heterocycles. The van der Waals surface area contributed by atoms with E-state index in [1.165, 1.54) is 27.1 Å². The fourth-order valence-corrected chi connectivity index (χ4v) is 11.7. The second-order valence-corrected chi connectivity index (χ2v) is 21.3. The largest absolute Gasteiger partial charge is 0.464 e. The number of benzene rings is 1. The highest BCUT2D eigenvalue weighted by molar-refractivity contribution is 5.94. The first-order valence-corrected chi connectivity index (χ1v) is 25.4. The van der Waals surface area contributed by atoms with Crippen LogP contribution in [0.5, 0.6) is 0 Å². The number of methoxy groups -OCH3 is 1. The number of urea groups is 1. The van der Waals surface area contributed by atoms with Gasteiger partial charge >= 0.3 is 12.0 Å². The van der Waals surface area contributed by atoms with E-state index in [1.807, 2.05) is 40.0 Å². The number of ether oxygens (including phenoxy) is 3. The fourth-order valence-electron chi connectivity index (χ4n) is 11.7. The van der Waals surface area contributed by atoms with Crippen LogP contribution in [0.4, 0.5) is 4.79 Å². The predicted molar refractivity (Wildman–Crippen MR) is 266 cm³/mol. The minimum Gasteiger partial charge on any atom is -0.464 e. The van der Waals surface area contributed by atoms with Crippen molar-refractivity contribution in [3.05, 3.63) is 66.0 Å². The Labute approximate surface area is 413 Å². The molecule has 17 heteroatoms. The van der Waals surface area contributed by atoms with Crippen molar-refractivity contribution in [1.29, 1.82) is 0 Å². The van der Waals surface area contributed by atoms with Crippen molar-refractivity contribution in [3.8, 4) is 11.3 Å². The molecule has 2 aromatic heterocycles. The molecule has 0 aliphatic carbocycles. The van der Waals surface area contributed by atoms with Gasteiger partial charge in [0.15, 0.2) is 0 Å². The summed E-state index contributed by atoms with van der Waals surface area (Å²) < 4.78 is 20.6. The lowest BCUT2D eigenvalue weighted by Gasteiger charge is -2.43. The molecule has 17 nitrogen and oxygen atoms in total. The molecular weight excluding hydrogens is 891 g/mol. The zero-order valence-electron chi connectivity index (χ0n) is 42.8. The van der Waals surface area contributed by atoms with Crippen LogP contribution in [0.1, 0.15) is 109 Å². The number of likely N-dealkylation sites (N-methyl/N-ethyl adjacent to an activating group) is 1. The SMILES string of the molecule is C=CC(=O)N1COC2(CCN(C(=O)N(C)[C@H](C(=O)N[C@H]3CN4CC[C@H](C4)c4ccc5c(c4)c(c(-c4cccnc4[C@H](C)OC)n5CC)CC(C)(C)COC(=O)[C@@H]4CCCN(N4)C3=O)C(C)C)CC2)[C@@H]1C. The number of nitrogens with one attached hydrogen (secondary N) is 2. The third kappa shape index (κ3) is 9.95. The van der Waals surface area contributed by atoms with Crippen LogP contribution in [-0.2, 0) is 46.4 Å². The van der Waals surface area contributed by atoms with E-state index >= 15 is 0 Å². The number of fused-ring (bicyclic) bond motifs is 6. The number of hydrogen-bond acceptors (Lipinski definition) is 11. The average molecular weight is 966 g/mol. The maximum atomic E-state index is 14.8. The number of hydrazine groups is 1. The van der Waals surface area contributed by atoms with Gasteiger partial charge in [0.2, 0.25) is 11.8 Å². The summed E-state index contributed by atoms with van der Waals surface area (Å²) in [6.45, 7) is 21.7. The lowest BCUT2D eigenvalue weighted by Crippen LogP contribution is -2.64. The summed E-state index contributed by atoms with van der Waals surface area (Å²) >= 11 is 0. The first kappa shape index (κ1) is 51.0. The molecule has 4 fully saturated rings. The van der Waals surface area contributed by atoms with E-state index in [9.17, 15) is 24.0 Å². The van der Waals surface area contributed by atoms with E-state index in [4.69, 9.17) is 19.2 Å². The van der Waals surface area contributed by atoms with E-state index in [2.05, 4.69) is 71.8 Å². The topological polar surface area (TPSA) is 171 Å². The smallest absolute Gasteiger partial charge is 0.324 e. The predicted octanol–water partition coefficient (Wildman–Crippen LogP) is 5.63. The van der Waals surface area contributed by atoms with Crippen LogP contribution in [0.3, 0.4) is 0 Å². The number of aromatic nitrogens is 2. The molecule has 1 aromatic carbocycles. The number of likely N-dealkylation sites (tertiary alicyclic amines) is 1. The van der Waals surface area contributed by atoms with Crippen LogP contribution in [0.2, 0.25) is 0 Å². The van der Waals surface area contributed by atoms with Crippen LogP contribution in [0.15, 0.2) is 49.2 Å². The lowest BCUT2D eigenvalue weighted by molar-refractivity contribution is -0.155. The summed E-state index contributed by atoms with van der Waals surface area (Å²) in [4.78, 5) is 82.1. The van der Waals surface area contributed by atoms with Crippen LogP contribution < -0.4 is 10.7 Å². The summed E-state index contributed by atoms with van der Waals surface area (Å²) in [7, 11) is 3.35. The number of nitrogens with zero attached hydrogens (tertiary/aromatic N) is 7. The van der Waals surface area contributed by atoms with Crippen molar-refractivity contribution >= 4 is 40.6 Å². The van der Waals surface area contributed by atoms with E-state index in [0.29, 0.717) is 64.8 Å². The number of rotatable bonds is 9. The van der Waals surface area contributed by atoms with E-state index in [-0.39, 0.29) is 61.7 Å². The van der Waals surface area contributed by atoms with Crippen molar-refractivity contribution in [2.75, 3.05) is 66.8 Å². The van der Waals surface area contributed by atoms with Gasteiger partial charge < -0.3 is 43.7 Å². The Hall–Kier alpha value is -5.36. The number of carbonyl (C=O) groups excluding carboxylic acids is 5. The lowest BCUT2D eigenvalue weighted by atomic mass is 9.84. The number of aryl methyl sites for hydroxylation is 1. The average Bonchev–Trinajstić information content (AvgIpc) is 4.05. The van der Waals surface area contributed by atoms with E-state index in [1.54, 1.807) is 24.0 Å². The molecule has 5 amide bonds. The molecule has 3 aromatic rings. The summed E-state index contributed by atoms with van der Waals surface area (Å²) in [5.74, 6) is -1.52. The Bertz CT molecular complexity index is 2460. The minimum absolute atomic E-state index is 0.157. The van der Waals surface area contributed by atoms with Gasteiger partial charge in [-0.3, -0.25) is 29.2 Å². The van der Waals surface area contributed by atoms with Gasteiger partial charge in [-0.1, -0.05) is 40.3 Å². The summed E-state index contributed by atoms with van der Waals surface area (Å²) in [5, 5.41) is 5.75. The number of pyridine rings is 1. The standard InChI is InChI=1S/C53H75N9O8/c1-11-44(63)61-32-70-53(35(61)6)20-25-59(26-21-53)51(67)57(9)46(33(3)4)48(64)55-42-30-58-24-19-37(29-58)36-17-18-43-39(27-36)40(47(60(43)12-2)38-15-13-22-54-45(38)34(5)68-10)28-52(7,8)31-69-50(66)41-16-14-23-62(56-41)49(42)65/h11,13,15,17-18,22,27,33-35,37,41-42,46,56H,1,12,14,16,19-21,23-26,28-32H2,2-10H3,(H,55,64)/t34-,35-,37+,41-,42-,46-/m0/s1. The number of esters is 1. The zero-order valence-corrected chi connectivity index (χ0v) is 42.8. The monoisotopic (exact) mass is 966 g/mol. The molecule has 4 saturated heterocycles.